The minimum absolute atomic E-state index is 0.672. The van der Waals surface area contributed by atoms with Crippen LogP contribution in [0.2, 0.25) is 0 Å². The highest BCUT2D eigenvalue weighted by atomic mass is 16.6. The molecule has 0 aromatic carbocycles. The van der Waals surface area contributed by atoms with Gasteiger partial charge in [-0.1, -0.05) is 11.6 Å². The number of piperidine rings is 1. The highest BCUT2D eigenvalue weighted by molar-refractivity contribution is 5.97. The van der Waals surface area contributed by atoms with Gasteiger partial charge in [0.25, 0.3) is 0 Å². The molecule has 1 fully saturated rings. The van der Waals surface area contributed by atoms with Crippen LogP contribution in [0.15, 0.2) is 29.7 Å². The van der Waals surface area contributed by atoms with Crippen LogP contribution in [0.1, 0.15) is 38.2 Å². The molecule has 0 N–H and O–H groups in total. The maximum atomic E-state index is 5.43. The number of hydrogen-bond acceptors (Lipinski definition) is 4. The first-order chi connectivity index (χ1) is 10.3. The van der Waals surface area contributed by atoms with Crippen molar-refractivity contribution < 1.29 is 14.4 Å². The van der Waals surface area contributed by atoms with Crippen LogP contribution in [-0.2, 0) is 4.84 Å². The maximum absolute atomic E-state index is 5.43. The van der Waals surface area contributed by atoms with E-state index in [1.807, 2.05) is 31.5 Å². The minimum Gasteiger partial charge on any atom is -0.396 e. The summed E-state index contributed by atoms with van der Waals surface area (Å²) in [7, 11) is 1.63. The molecule has 0 bridgehead atoms. The number of pyridine rings is 1. The highest BCUT2D eigenvalue weighted by Crippen LogP contribution is 2.08. The topological polar surface area (TPSA) is 37.9 Å². The van der Waals surface area contributed by atoms with Gasteiger partial charge in [-0.15, -0.1) is 0 Å². The third-order valence-electron chi connectivity index (χ3n) is 3.76. The lowest BCUT2D eigenvalue weighted by Crippen LogP contribution is -2.40. The molecule has 0 radical (unpaired) electrons. The SMILES string of the molecule is CO[n+]1cccc(/C(C)=N/OCCCN2CCCCC2)c1. The molecule has 1 aliphatic rings. The van der Waals surface area contributed by atoms with Crippen LogP contribution in [0.25, 0.3) is 0 Å². The quantitative estimate of drug-likeness (QED) is 0.332. The average molecular weight is 292 g/mol. The first-order valence-corrected chi connectivity index (χ1v) is 7.74. The smallest absolute Gasteiger partial charge is 0.231 e. The maximum Gasteiger partial charge on any atom is 0.231 e. The van der Waals surface area contributed by atoms with Gasteiger partial charge in [-0.25, -0.2) is 0 Å². The Bertz CT molecular complexity index is 457. The molecule has 1 aromatic heterocycles. The monoisotopic (exact) mass is 292 g/mol. The van der Waals surface area contributed by atoms with Gasteiger partial charge in [0.2, 0.25) is 12.4 Å². The summed E-state index contributed by atoms with van der Waals surface area (Å²) in [5, 5.41) is 4.18. The van der Waals surface area contributed by atoms with E-state index in [9.17, 15) is 0 Å². The molecule has 0 aliphatic carbocycles. The second kappa shape index (κ2) is 8.62. The molecule has 0 unspecified atom stereocenters. The third-order valence-corrected chi connectivity index (χ3v) is 3.76. The lowest BCUT2D eigenvalue weighted by molar-refractivity contribution is -0.885. The lowest BCUT2D eigenvalue weighted by Gasteiger charge is -2.25. The lowest BCUT2D eigenvalue weighted by atomic mass is 10.1. The molecule has 1 aliphatic heterocycles. The van der Waals surface area contributed by atoms with Gasteiger partial charge in [0.15, 0.2) is 0 Å². The van der Waals surface area contributed by atoms with Gasteiger partial charge in [-0.05, 0) is 45.3 Å². The molecule has 1 saturated heterocycles. The predicted octanol–water partition coefficient (Wildman–Crippen LogP) is 1.65. The Balaban J connectivity index is 1.70. The van der Waals surface area contributed by atoms with Crippen molar-refractivity contribution in [3.05, 3.63) is 30.1 Å². The Morgan fingerprint density at radius 1 is 1.33 bits per heavy atom. The molecule has 0 atom stereocenters. The van der Waals surface area contributed by atoms with E-state index in [4.69, 9.17) is 9.68 Å². The van der Waals surface area contributed by atoms with Crippen LogP contribution < -0.4 is 9.57 Å². The average Bonchev–Trinajstić information content (AvgIpc) is 2.55. The summed E-state index contributed by atoms with van der Waals surface area (Å²) in [6, 6.07) is 3.92. The van der Waals surface area contributed by atoms with Gasteiger partial charge in [-0.2, -0.15) is 0 Å². The Hall–Kier alpha value is -1.62. The van der Waals surface area contributed by atoms with E-state index in [1.165, 1.54) is 32.4 Å². The normalized spacial score (nSPS) is 16.8. The molecular weight excluding hydrogens is 266 g/mol. The zero-order valence-electron chi connectivity index (χ0n) is 13.1. The van der Waals surface area contributed by atoms with Gasteiger partial charge in [0.05, 0.1) is 11.3 Å². The van der Waals surface area contributed by atoms with Crippen LogP contribution in [0.4, 0.5) is 0 Å². The van der Waals surface area contributed by atoms with Crippen LogP contribution in [0, 0.1) is 0 Å². The fourth-order valence-corrected chi connectivity index (χ4v) is 2.51. The van der Waals surface area contributed by atoms with Gasteiger partial charge in [0.1, 0.15) is 13.7 Å². The van der Waals surface area contributed by atoms with E-state index in [0.29, 0.717) is 6.61 Å². The van der Waals surface area contributed by atoms with E-state index < -0.39 is 0 Å². The molecule has 2 rings (SSSR count). The highest BCUT2D eigenvalue weighted by Gasteiger charge is 2.09. The number of likely N-dealkylation sites (tertiary alicyclic amines) is 1. The third kappa shape index (κ3) is 5.34. The first-order valence-electron chi connectivity index (χ1n) is 7.74. The second-order valence-corrected chi connectivity index (χ2v) is 5.40. The molecule has 0 amide bonds. The van der Waals surface area contributed by atoms with Crippen LogP contribution in [0.3, 0.4) is 0 Å². The summed E-state index contributed by atoms with van der Waals surface area (Å²) in [5.74, 6) is 0. The minimum atomic E-state index is 0.672. The molecule has 0 saturated carbocycles. The van der Waals surface area contributed by atoms with Gasteiger partial charge < -0.3 is 9.74 Å². The molecule has 0 spiro atoms. The van der Waals surface area contributed by atoms with Crippen molar-refractivity contribution >= 4 is 5.71 Å². The van der Waals surface area contributed by atoms with E-state index >= 15 is 0 Å². The van der Waals surface area contributed by atoms with Crippen LogP contribution in [0.5, 0.6) is 0 Å². The molecular formula is C16H26N3O2+. The van der Waals surface area contributed by atoms with E-state index in [0.717, 1.165) is 24.2 Å². The van der Waals surface area contributed by atoms with Crippen molar-refractivity contribution in [1.29, 1.82) is 0 Å². The number of nitrogens with zero attached hydrogens (tertiary/aromatic N) is 3. The number of hydrogen-bond donors (Lipinski definition) is 0. The standard InChI is InChI=1S/C16H26N3O2/c1-15(16-8-6-12-19(14-16)20-2)17-21-13-7-11-18-9-4-3-5-10-18/h6,8,12,14H,3-5,7,9-11,13H2,1-2H3/q+1/b17-15+. The van der Waals surface area contributed by atoms with Crippen molar-refractivity contribution in [2.75, 3.05) is 33.4 Å². The summed E-state index contributed by atoms with van der Waals surface area (Å²) in [6.07, 6.45) is 8.82. The van der Waals surface area contributed by atoms with Crippen molar-refractivity contribution in [2.24, 2.45) is 5.16 Å². The summed E-state index contributed by atoms with van der Waals surface area (Å²) >= 11 is 0. The van der Waals surface area contributed by atoms with E-state index in [2.05, 4.69) is 10.1 Å². The molecule has 1 aromatic rings. The summed E-state index contributed by atoms with van der Waals surface area (Å²) < 4.78 is 1.64. The number of rotatable bonds is 7. The second-order valence-electron chi connectivity index (χ2n) is 5.40. The predicted molar refractivity (Wildman–Crippen MR) is 82.2 cm³/mol. The largest absolute Gasteiger partial charge is 0.396 e. The fourth-order valence-electron chi connectivity index (χ4n) is 2.51. The Labute approximate surface area is 127 Å². The first kappa shape index (κ1) is 15.8. The van der Waals surface area contributed by atoms with Crippen LogP contribution in [-0.4, -0.2) is 44.0 Å². The zero-order valence-corrected chi connectivity index (χ0v) is 13.1. The van der Waals surface area contributed by atoms with Crippen molar-refractivity contribution in [1.82, 2.24) is 4.90 Å². The van der Waals surface area contributed by atoms with Gasteiger partial charge in [0, 0.05) is 17.3 Å². The molecule has 5 nitrogen and oxygen atoms in total. The number of oxime groups is 1. The van der Waals surface area contributed by atoms with Crippen molar-refractivity contribution in [2.45, 2.75) is 32.6 Å². The molecule has 21 heavy (non-hydrogen) atoms. The molecule has 116 valence electrons. The Morgan fingerprint density at radius 2 is 2.14 bits per heavy atom. The van der Waals surface area contributed by atoms with E-state index in [1.54, 1.807) is 11.8 Å². The number of aromatic nitrogens is 1. The van der Waals surface area contributed by atoms with E-state index in [-0.39, 0.29) is 0 Å². The van der Waals surface area contributed by atoms with Gasteiger partial charge in [-0.3, -0.25) is 4.84 Å². The molecule has 5 heteroatoms. The zero-order chi connectivity index (χ0) is 14.9. The fraction of sp³-hybridized carbons (Fsp3) is 0.625. The Morgan fingerprint density at radius 3 is 2.90 bits per heavy atom. The Kier molecular flexibility index (Phi) is 6.47. The van der Waals surface area contributed by atoms with Crippen molar-refractivity contribution in [3.8, 4) is 0 Å². The van der Waals surface area contributed by atoms with Crippen molar-refractivity contribution in [3.63, 3.8) is 0 Å². The van der Waals surface area contributed by atoms with Gasteiger partial charge >= 0.3 is 0 Å². The summed E-state index contributed by atoms with van der Waals surface area (Å²) in [6.45, 7) is 6.21. The summed E-state index contributed by atoms with van der Waals surface area (Å²) in [5.41, 5.74) is 1.86. The summed E-state index contributed by atoms with van der Waals surface area (Å²) in [4.78, 5) is 13.1. The molecule has 2 heterocycles. The van der Waals surface area contributed by atoms with Crippen LogP contribution >= 0.6 is 0 Å².